The van der Waals surface area contributed by atoms with Crippen LogP contribution in [0, 0.1) is 0 Å². The Morgan fingerprint density at radius 2 is 2.26 bits per heavy atom. The molecular formula is C14H19BrN2OS. The molecule has 1 saturated carbocycles. The van der Waals surface area contributed by atoms with Crippen LogP contribution in [0.5, 0.6) is 0 Å². The van der Waals surface area contributed by atoms with E-state index in [2.05, 4.69) is 27.3 Å². The Hall–Kier alpha value is -0.520. The van der Waals surface area contributed by atoms with Crippen LogP contribution in [0.25, 0.3) is 0 Å². The van der Waals surface area contributed by atoms with Gasteiger partial charge in [-0.15, -0.1) is 11.8 Å². The molecule has 0 spiro atoms. The molecule has 1 aromatic carbocycles. The van der Waals surface area contributed by atoms with Crippen molar-refractivity contribution in [3.63, 3.8) is 0 Å². The molecule has 1 aromatic rings. The molecule has 19 heavy (non-hydrogen) atoms. The fraction of sp³-hybridized carbons (Fsp3) is 0.500. The first-order valence-electron chi connectivity index (χ1n) is 6.47. The summed E-state index contributed by atoms with van der Waals surface area (Å²) < 4.78 is 1.11. The van der Waals surface area contributed by atoms with Crippen LogP contribution in [0.2, 0.25) is 0 Å². The number of nitrogens with one attached hydrogen (secondary N) is 1. The molecular weight excluding hydrogens is 324 g/mol. The van der Waals surface area contributed by atoms with Crippen molar-refractivity contribution >= 4 is 33.6 Å². The van der Waals surface area contributed by atoms with Crippen LogP contribution in [0.4, 0.5) is 0 Å². The number of hydrogen-bond acceptors (Lipinski definition) is 3. The molecule has 2 atom stereocenters. The Morgan fingerprint density at radius 3 is 2.89 bits per heavy atom. The van der Waals surface area contributed by atoms with Crippen LogP contribution in [0.15, 0.2) is 33.6 Å². The molecule has 0 aromatic heterocycles. The van der Waals surface area contributed by atoms with E-state index < -0.39 is 5.54 Å². The second kappa shape index (κ2) is 6.29. The summed E-state index contributed by atoms with van der Waals surface area (Å²) in [5.41, 5.74) is 5.05. The van der Waals surface area contributed by atoms with Gasteiger partial charge < -0.3 is 11.1 Å². The Labute approximate surface area is 126 Å². The quantitative estimate of drug-likeness (QED) is 0.884. The molecule has 3 N–H and O–H groups in total. The highest BCUT2D eigenvalue weighted by atomic mass is 79.9. The van der Waals surface area contributed by atoms with Crippen molar-refractivity contribution < 1.29 is 4.79 Å². The van der Waals surface area contributed by atoms with Gasteiger partial charge in [-0.1, -0.05) is 12.1 Å². The first kappa shape index (κ1) is 14.9. The number of rotatable bonds is 4. The Bertz CT molecular complexity index is 469. The van der Waals surface area contributed by atoms with Crippen LogP contribution in [-0.4, -0.2) is 23.7 Å². The van der Waals surface area contributed by atoms with E-state index >= 15 is 0 Å². The minimum Gasteiger partial charge on any atom is -0.368 e. The van der Waals surface area contributed by atoms with E-state index in [1.54, 1.807) is 0 Å². The summed E-state index contributed by atoms with van der Waals surface area (Å²) in [5, 5.41) is 3.57. The van der Waals surface area contributed by atoms with Crippen molar-refractivity contribution in [1.29, 1.82) is 0 Å². The van der Waals surface area contributed by atoms with Crippen molar-refractivity contribution in [2.45, 2.75) is 41.4 Å². The summed E-state index contributed by atoms with van der Waals surface area (Å²) in [6, 6.07) is 8.20. The predicted molar refractivity (Wildman–Crippen MR) is 83.2 cm³/mol. The Kier molecular flexibility index (Phi) is 4.92. The Balaban J connectivity index is 2.10. The summed E-state index contributed by atoms with van der Waals surface area (Å²) in [7, 11) is 1.83. The summed E-state index contributed by atoms with van der Waals surface area (Å²) in [6.45, 7) is 0. The van der Waals surface area contributed by atoms with Gasteiger partial charge in [0.15, 0.2) is 0 Å². The maximum absolute atomic E-state index is 11.7. The maximum Gasteiger partial charge on any atom is 0.237 e. The van der Waals surface area contributed by atoms with Crippen molar-refractivity contribution in [2.75, 3.05) is 7.05 Å². The third-order valence-corrected chi connectivity index (χ3v) is 6.09. The van der Waals surface area contributed by atoms with Gasteiger partial charge in [-0.2, -0.15) is 0 Å². The van der Waals surface area contributed by atoms with Crippen molar-refractivity contribution in [3.05, 3.63) is 28.7 Å². The molecule has 1 amide bonds. The standard InChI is InChI=1S/C14H19BrN2OS/c1-17-14(13(16)18)8-4-5-10(9-14)19-12-7-3-2-6-11(12)15/h2-3,6-7,10,17H,4-5,8-9H2,1H3,(H2,16,18). The lowest BCUT2D eigenvalue weighted by molar-refractivity contribution is -0.125. The van der Waals surface area contributed by atoms with Gasteiger partial charge in [-0.05, 0) is 60.8 Å². The molecule has 0 bridgehead atoms. The molecule has 1 aliphatic rings. The molecule has 2 rings (SSSR count). The summed E-state index contributed by atoms with van der Waals surface area (Å²) in [4.78, 5) is 12.9. The van der Waals surface area contributed by atoms with Gasteiger partial charge in [0.05, 0.1) is 5.54 Å². The fourth-order valence-electron chi connectivity index (χ4n) is 2.62. The van der Waals surface area contributed by atoms with Gasteiger partial charge in [0.25, 0.3) is 0 Å². The van der Waals surface area contributed by atoms with Crippen molar-refractivity contribution in [2.24, 2.45) is 5.73 Å². The third kappa shape index (κ3) is 3.33. The summed E-state index contributed by atoms with van der Waals surface area (Å²) in [6.07, 6.45) is 3.80. The van der Waals surface area contributed by atoms with E-state index in [0.717, 1.165) is 30.2 Å². The number of amides is 1. The van der Waals surface area contributed by atoms with E-state index in [4.69, 9.17) is 5.73 Å². The first-order valence-corrected chi connectivity index (χ1v) is 8.15. The molecule has 2 unspecified atom stereocenters. The minimum atomic E-state index is -0.531. The summed E-state index contributed by atoms with van der Waals surface area (Å²) >= 11 is 5.40. The number of primary amides is 1. The molecule has 0 saturated heterocycles. The fourth-order valence-corrected chi connectivity index (χ4v) is 4.53. The lowest BCUT2D eigenvalue weighted by Gasteiger charge is -2.38. The number of benzene rings is 1. The highest BCUT2D eigenvalue weighted by Crippen LogP contribution is 2.40. The summed E-state index contributed by atoms with van der Waals surface area (Å²) in [5.74, 6) is -0.229. The van der Waals surface area contributed by atoms with Crippen molar-refractivity contribution in [1.82, 2.24) is 5.32 Å². The zero-order valence-corrected chi connectivity index (χ0v) is 13.4. The van der Waals surface area contributed by atoms with Gasteiger partial charge in [0.1, 0.15) is 0 Å². The van der Waals surface area contributed by atoms with Crippen LogP contribution in [-0.2, 0) is 4.79 Å². The monoisotopic (exact) mass is 342 g/mol. The van der Waals surface area contributed by atoms with Crippen LogP contribution < -0.4 is 11.1 Å². The zero-order valence-electron chi connectivity index (χ0n) is 11.0. The molecule has 1 aliphatic carbocycles. The van der Waals surface area contributed by atoms with E-state index in [-0.39, 0.29) is 5.91 Å². The number of likely N-dealkylation sites (N-methyl/N-ethyl adjacent to an activating group) is 1. The van der Waals surface area contributed by atoms with Crippen LogP contribution in [0.1, 0.15) is 25.7 Å². The second-order valence-corrected chi connectivity index (χ2v) is 7.16. The SMILES string of the molecule is CNC1(C(N)=O)CCCC(Sc2ccccc2Br)C1. The predicted octanol–water partition coefficient (Wildman–Crippen LogP) is 2.93. The molecule has 5 heteroatoms. The highest BCUT2D eigenvalue weighted by molar-refractivity contribution is 9.10. The van der Waals surface area contributed by atoms with Gasteiger partial charge >= 0.3 is 0 Å². The first-order chi connectivity index (χ1) is 9.07. The van der Waals surface area contributed by atoms with Crippen LogP contribution >= 0.6 is 27.7 Å². The number of carbonyl (C=O) groups excluding carboxylic acids is 1. The van der Waals surface area contributed by atoms with Gasteiger partial charge in [0, 0.05) is 14.6 Å². The second-order valence-electron chi connectivity index (χ2n) is 4.96. The topological polar surface area (TPSA) is 55.1 Å². The normalized spacial score (nSPS) is 27.2. The minimum absolute atomic E-state index is 0.229. The maximum atomic E-state index is 11.7. The molecule has 0 heterocycles. The van der Waals surface area contributed by atoms with E-state index in [0.29, 0.717) is 5.25 Å². The van der Waals surface area contributed by atoms with E-state index in [1.807, 2.05) is 37.0 Å². The average molecular weight is 343 g/mol. The van der Waals surface area contributed by atoms with Gasteiger partial charge in [-0.25, -0.2) is 0 Å². The average Bonchev–Trinajstić information content (AvgIpc) is 2.41. The van der Waals surface area contributed by atoms with E-state index in [1.165, 1.54) is 4.90 Å². The van der Waals surface area contributed by atoms with E-state index in [9.17, 15) is 4.79 Å². The molecule has 104 valence electrons. The number of hydrogen-bond donors (Lipinski definition) is 2. The zero-order chi connectivity index (χ0) is 13.9. The highest BCUT2D eigenvalue weighted by Gasteiger charge is 2.40. The number of nitrogens with two attached hydrogens (primary N) is 1. The molecule has 1 fully saturated rings. The molecule has 3 nitrogen and oxygen atoms in total. The molecule has 0 radical (unpaired) electrons. The van der Waals surface area contributed by atoms with Gasteiger partial charge in [-0.3, -0.25) is 4.79 Å². The smallest absolute Gasteiger partial charge is 0.237 e. The third-order valence-electron chi connectivity index (χ3n) is 3.79. The largest absolute Gasteiger partial charge is 0.368 e. The molecule has 0 aliphatic heterocycles. The Morgan fingerprint density at radius 1 is 1.53 bits per heavy atom. The lowest BCUT2D eigenvalue weighted by Crippen LogP contribution is -2.57. The van der Waals surface area contributed by atoms with Crippen molar-refractivity contribution in [3.8, 4) is 0 Å². The van der Waals surface area contributed by atoms with Crippen LogP contribution in [0.3, 0.4) is 0 Å². The lowest BCUT2D eigenvalue weighted by atomic mass is 9.81. The number of thioether (sulfide) groups is 1. The number of halogens is 1. The number of carbonyl (C=O) groups is 1. The van der Waals surface area contributed by atoms with Gasteiger partial charge in [0.2, 0.25) is 5.91 Å².